The van der Waals surface area contributed by atoms with Gasteiger partial charge in [-0.25, -0.2) is 5.11 Å². The molecular formula is C8H13O. The molecule has 2 bridgehead atoms. The predicted molar refractivity (Wildman–Crippen MR) is 34.5 cm³/mol. The quantitative estimate of drug-likeness (QED) is 0.472. The maximum Gasteiger partial charge on any atom is 0.104 e. The van der Waals surface area contributed by atoms with Crippen LogP contribution in [-0.2, 0) is 5.11 Å². The smallest absolute Gasteiger partial charge is 0.104 e. The average molecular weight is 125 g/mol. The van der Waals surface area contributed by atoms with Crippen molar-refractivity contribution in [2.75, 3.05) is 0 Å². The van der Waals surface area contributed by atoms with E-state index in [9.17, 15) is 5.11 Å². The lowest BCUT2D eigenvalue weighted by atomic mass is 9.59. The normalized spacial score (nSPS) is 56.7. The third kappa shape index (κ3) is 0.787. The molecule has 0 heterocycles. The van der Waals surface area contributed by atoms with Gasteiger partial charge in [0.15, 0.2) is 0 Å². The summed E-state index contributed by atoms with van der Waals surface area (Å²) in [6.45, 7) is 2.21. The van der Waals surface area contributed by atoms with Crippen molar-refractivity contribution < 1.29 is 5.11 Å². The molecule has 0 saturated heterocycles. The van der Waals surface area contributed by atoms with Crippen LogP contribution in [0.15, 0.2) is 0 Å². The summed E-state index contributed by atoms with van der Waals surface area (Å²) in [5, 5.41) is 11.4. The summed E-state index contributed by atoms with van der Waals surface area (Å²) < 4.78 is 0. The van der Waals surface area contributed by atoms with Crippen LogP contribution in [0.1, 0.15) is 32.6 Å². The molecule has 0 amide bonds. The zero-order valence-electron chi connectivity index (χ0n) is 5.89. The molecule has 0 N–H and O–H groups in total. The molecule has 3 saturated carbocycles. The molecule has 0 aromatic heterocycles. The Labute approximate surface area is 56.1 Å². The summed E-state index contributed by atoms with van der Waals surface area (Å²) in [5.74, 6) is 1.53. The third-order valence-corrected chi connectivity index (χ3v) is 2.78. The first-order chi connectivity index (χ1) is 4.18. The van der Waals surface area contributed by atoms with Gasteiger partial charge in [0.05, 0.1) is 0 Å². The van der Waals surface area contributed by atoms with Crippen LogP contribution in [0.2, 0.25) is 0 Å². The maximum atomic E-state index is 11.4. The molecule has 1 radical (unpaired) electrons. The fourth-order valence-electron chi connectivity index (χ4n) is 2.61. The molecule has 3 rings (SSSR count). The minimum absolute atomic E-state index is 0.456. The van der Waals surface area contributed by atoms with Gasteiger partial charge in [0, 0.05) is 0 Å². The van der Waals surface area contributed by atoms with Gasteiger partial charge < -0.3 is 0 Å². The Balaban J connectivity index is 2.05. The highest BCUT2D eigenvalue weighted by Gasteiger charge is 2.49. The average Bonchev–Trinajstić information content (AvgIpc) is 1.58. The zero-order valence-corrected chi connectivity index (χ0v) is 5.89. The fraction of sp³-hybridized carbons (Fsp3) is 1.00. The van der Waals surface area contributed by atoms with Crippen molar-refractivity contribution in [3.8, 4) is 0 Å². The van der Waals surface area contributed by atoms with Crippen molar-refractivity contribution >= 4 is 0 Å². The van der Waals surface area contributed by atoms with Gasteiger partial charge in [-0.2, -0.15) is 0 Å². The molecule has 1 atom stereocenters. The molecule has 9 heavy (non-hydrogen) atoms. The van der Waals surface area contributed by atoms with Gasteiger partial charge in [0.2, 0.25) is 0 Å². The molecule has 3 aliphatic carbocycles. The second kappa shape index (κ2) is 1.51. The van der Waals surface area contributed by atoms with Crippen molar-refractivity contribution in [2.45, 2.75) is 38.2 Å². The first-order valence-corrected chi connectivity index (χ1v) is 3.88. The summed E-state index contributed by atoms with van der Waals surface area (Å²) in [4.78, 5) is 0. The van der Waals surface area contributed by atoms with E-state index < -0.39 is 5.60 Å². The van der Waals surface area contributed by atoms with Crippen molar-refractivity contribution in [2.24, 2.45) is 11.8 Å². The Morgan fingerprint density at radius 2 is 2.00 bits per heavy atom. The summed E-state index contributed by atoms with van der Waals surface area (Å²) >= 11 is 0. The molecule has 1 heteroatoms. The van der Waals surface area contributed by atoms with E-state index in [0.29, 0.717) is 0 Å². The second-order valence-corrected chi connectivity index (χ2v) is 4.00. The number of rotatable bonds is 0. The van der Waals surface area contributed by atoms with Gasteiger partial charge in [0.25, 0.3) is 0 Å². The predicted octanol–water partition coefficient (Wildman–Crippen LogP) is 2.00. The third-order valence-electron chi connectivity index (χ3n) is 2.78. The van der Waals surface area contributed by atoms with Crippen molar-refractivity contribution in [1.82, 2.24) is 0 Å². The van der Waals surface area contributed by atoms with E-state index in [1.807, 2.05) is 0 Å². The summed E-state index contributed by atoms with van der Waals surface area (Å²) in [6, 6.07) is 0. The highest BCUT2D eigenvalue weighted by atomic mass is 16.3. The topological polar surface area (TPSA) is 19.9 Å². The SMILES string of the molecule is CC1CC2CC([O])(C1)C2. The fourth-order valence-corrected chi connectivity index (χ4v) is 2.61. The molecule has 51 valence electrons. The largest absolute Gasteiger partial charge is 0.229 e. The van der Waals surface area contributed by atoms with Crippen LogP contribution in [0.5, 0.6) is 0 Å². The number of fused-ring (bicyclic) bond motifs is 2. The van der Waals surface area contributed by atoms with Crippen LogP contribution in [0.4, 0.5) is 0 Å². The molecule has 0 spiro atoms. The highest BCUT2D eigenvalue weighted by Crippen LogP contribution is 2.51. The maximum absolute atomic E-state index is 11.4. The Bertz CT molecular complexity index is 122. The zero-order chi connectivity index (χ0) is 6.48. The number of hydrogen-bond acceptors (Lipinski definition) is 0. The van der Waals surface area contributed by atoms with Gasteiger partial charge in [-0.05, 0) is 37.5 Å². The van der Waals surface area contributed by atoms with E-state index in [4.69, 9.17) is 0 Å². The Morgan fingerprint density at radius 1 is 1.33 bits per heavy atom. The molecular weight excluding hydrogens is 112 g/mol. The summed E-state index contributed by atoms with van der Waals surface area (Å²) in [7, 11) is 0. The van der Waals surface area contributed by atoms with Gasteiger partial charge in [-0.1, -0.05) is 6.92 Å². The molecule has 1 unspecified atom stereocenters. The van der Waals surface area contributed by atoms with Crippen LogP contribution in [-0.4, -0.2) is 5.60 Å². The summed E-state index contributed by atoms with van der Waals surface area (Å²) in [6.07, 6.45) is 4.24. The van der Waals surface area contributed by atoms with Crippen molar-refractivity contribution in [1.29, 1.82) is 0 Å². The molecule has 3 fully saturated rings. The van der Waals surface area contributed by atoms with Crippen LogP contribution in [0.3, 0.4) is 0 Å². The van der Waals surface area contributed by atoms with Gasteiger partial charge >= 0.3 is 0 Å². The number of hydrogen-bond donors (Lipinski definition) is 0. The summed E-state index contributed by atoms with van der Waals surface area (Å²) in [5.41, 5.74) is -0.456. The second-order valence-electron chi connectivity index (χ2n) is 4.00. The molecule has 1 nitrogen and oxygen atoms in total. The molecule has 0 aromatic carbocycles. The standard InChI is InChI=1S/C8H13O/c1-6-2-7-4-8(9,3-6)5-7/h6-7H,2-5H2,1H3. The van der Waals surface area contributed by atoms with Crippen LogP contribution in [0, 0.1) is 11.8 Å². The van der Waals surface area contributed by atoms with E-state index in [1.165, 1.54) is 6.42 Å². The van der Waals surface area contributed by atoms with E-state index >= 15 is 0 Å². The van der Waals surface area contributed by atoms with Crippen LogP contribution >= 0.6 is 0 Å². The minimum Gasteiger partial charge on any atom is -0.229 e. The van der Waals surface area contributed by atoms with E-state index in [2.05, 4.69) is 6.92 Å². The monoisotopic (exact) mass is 125 g/mol. The Morgan fingerprint density at radius 3 is 2.33 bits per heavy atom. The Kier molecular flexibility index (Phi) is 0.963. The van der Waals surface area contributed by atoms with Gasteiger partial charge in [-0.15, -0.1) is 0 Å². The van der Waals surface area contributed by atoms with Gasteiger partial charge in [0.1, 0.15) is 5.60 Å². The molecule has 0 aromatic rings. The lowest BCUT2D eigenvalue weighted by molar-refractivity contribution is -0.167. The van der Waals surface area contributed by atoms with E-state index in [1.54, 1.807) is 0 Å². The van der Waals surface area contributed by atoms with E-state index in [0.717, 1.165) is 31.1 Å². The minimum atomic E-state index is -0.456. The van der Waals surface area contributed by atoms with Crippen molar-refractivity contribution in [3.05, 3.63) is 0 Å². The van der Waals surface area contributed by atoms with Crippen LogP contribution in [0.25, 0.3) is 0 Å². The molecule has 0 aliphatic heterocycles. The lowest BCUT2D eigenvalue weighted by Gasteiger charge is -2.49. The van der Waals surface area contributed by atoms with Crippen molar-refractivity contribution in [3.63, 3.8) is 0 Å². The van der Waals surface area contributed by atoms with E-state index in [-0.39, 0.29) is 0 Å². The first-order valence-electron chi connectivity index (χ1n) is 3.88. The lowest BCUT2D eigenvalue weighted by Crippen LogP contribution is -2.48. The Hall–Kier alpha value is -0.0400. The van der Waals surface area contributed by atoms with Gasteiger partial charge in [-0.3, -0.25) is 0 Å². The van der Waals surface area contributed by atoms with Crippen LogP contribution < -0.4 is 0 Å². The first kappa shape index (κ1) is 5.72. The highest BCUT2D eigenvalue weighted by molar-refractivity contribution is 4.99. The molecule has 3 aliphatic rings.